The molecule has 1 aromatic heterocycles. The standard InChI is InChI=1S/C9H12N2O3S/c12-6-8-4-10-7-11(8)5-9-2-1-3-15(9,13)14/h4,6-7,9H,1-3,5H2. The summed E-state index contributed by atoms with van der Waals surface area (Å²) >= 11 is 0. The minimum absolute atomic E-state index is 0.267. The average molecular weight is 228 g/mol. The minimum atomic E-state index is -2.95. The van der Waals surface area contributed by atoms with E-state index in [4.69, 9.17) is 0 Å². The molecule has 5 nitrogen and oxygen atoms in total. The summed E-state index contributed by atoms with van der Waals surface area (Å²) in [4.78, 5) is 14.4. The van der Waals surface area contributed by atoms with Crippen LogP contribution >= 0.6 is 0 Å². The maximum atomic E-state index is 11.6. The van der Waals surface area contributed by atoms with Crippen molar-refractivity contribution in [1.82, 2.24) is 9.55 Å². The second-order valence-corrected chi connectivity index (χ2v) is 6.12. The number of hydrogen-bond acceptors (Lipinski definition) is 4. The van der Waals surface area contributed by atoms with Gasteiger partial charge in [0.15, 0.2) is 16.1 Å². The molecule has 0 amide bonds. The van der Waals surface area contributed by atoms with Gasteiger partial charge in [0.05, 0.1) is 23.5 Å². The Morgan fingerprint density at radius 1 is 1.60 bits per heavy atom. The Morgan fingerprint density at radius 3 is 3.00 bits per heavy atom. The molecule has 1 saturated heterocycles. The molecule has 1 fully saturated rings. The molecule has 0 spiro atoms. The van der Waals surface area contributed by atoms with Gasteiger partial charge in [0.25, 0.3) is 0 Å². The van der Waals surface area contributed by atoms with Gasteiger partial charge in [-0.05, 0) is 12.8 Å². The molecule has 1 atom stereocenters. The van der Waals surface area contributed by atoms with E-state index < -0.39 is 9.84 Å². The van der Waals surface area contributed by atoms with Crippen molar-refractivity contribution in [2.75, 3.05) is 5.75 Å². The van der Waals surface area contributed by atoms with Crippen molar-refractivity contribution < 1.29 is 13.2 Å². The first-order valence-electron chi connectivity index (χ1n) is 4.80. The lowest BCUT2D eigenvalue weighted by Crippen LogP contribution is -2.22. The zero-order valence-corrected chi connectivity index (χ0v) is 8.98. The lowest BCUT2D eigenvalue weighted by Gasteiger charge is -2.10. The van der Waals surface area contributed by atoms with Crippen LogP contribution in [0.25, 0.3) is 0 Å². The van der Waals surface area contributed by atoms with Gasteiger partial charge in [-0.2, -0.15) is 0 Å². The zero-order chi connectivity index (χ0) is 10.9. The number of sulfone groups is 1. The van der Waals surface area contributed by atoms with Crippen LogP contribution in [0.5, 0.6) is 0 Å². The molecule has 15 heavy (non-hydrogen) atoms. The van der Waals surface area contributed by atoms with Gasteiger partial charge >= 0.3 is 0 Å². The Hall–Kier alpha value is -1.17. The van der Waals surface area contributed by atoms with Crippen LogP contribution in [0.4, 0.5) is 0 Å². The van der Waals surface area contributed by atoms with Crippen LogP contribution in [-0.4, -0.2) is 35.3 Å². The molecule has 2 heterocycles. The van der Waals surface area contributed by atoms with Crippen LogP contribution in [0, 0.1) is 0 Å². The molecule has 0 saturated carbocycles. The van der Waals surface area contributed by atoms with Gasteiger partial charge in [0, 0.05) is 6.54 Å². The summed E-state index contributed by atoms with van der Waals surface area (Å²) in [6.07, 6.45) is 5.03. The molecule has 1 unspecified atom stereocenters. The van der Waals surface area contributed by atoms with E-state index in [0.717, 1.165) is 6.42 Å². The highest BCUT2D eigenvalue weighted by Gasteiger charge is 2.31. The predicted molar refractivity (Wildman–Crippen MR) is 54.4 cm³/mol. The molecule has 6 heteroatoms. The second-order valence-electron chi connectivity index (χ2n) is 3.72. The topological polar surface area (TPSA) is 69.0 Å². The quantitative estimate of drug-likeness (QED) is 0.696. The lowest BCUT2D eigenvalue weighted by atomic mass is 10.2. The Bertz CT molecular complexity index is 463. The van der Waals surface area contributed by atoms with E-state index in [1.165, 1.54) is 12.5 Å². The second kappa shape index (κ2) is 3.77. The number of aromatic nitrogens is 2. The van der Waals surface area contributed by atoms with Crippen LogP contribution in [0.1, 0.15) is 23.3 Å². The number of imidazole rings is 1. The van der Waals surface area contributed by atoms with E-state index in [-0.39, 0.29) is 11.0 Å². The van der Waals surface area contributed by atoms with Gasteiger partial charge in [0.2, 0.25) is 0 Å². The molecule has 0 bridgehead atoms. The van der Waals surface area contributed by atoms with Crippen molar-refractivity contribution in [3.05, 3.63) is 18.2 Å². The summed E-state index contributed by atoms with van der Waals surface area (Å²) in [6.45, 7) is 0.344. The Labute approximate surface area is 88.0 Å². The molecule has 0 radical (unpaired) electrons. The molecule has 1 aliphatic rings. The van der Waals surface area contributed by atoms with Gasteiger partial charge in [-0.15, -0.1) is 0 Å². The summed E-state index contributed by atoms with van der Waals surface area (Å²) in [5.74, 6) is 0.267. The highest BCUT2D eigenvalue weighted by atomic mass is 32.2. The Morgan fingerprint density at radius 2 is 2.40 bits per heavy atom. The van der Waals surface area contributed by atoms with E-state index >= 15 is 0 Å². The molecule has 0 aromatic carbocycles. The van der Waals surface area contributed by atoms with Crippen molar-refractivity contribution in [3.8, 4) is 0 Å². The predicted octanol–water partition coefficient (Wildman–Crippen LogP) is 0.273. The Kier molecular flexibility index (Phi) is 2.60. The van der Waals surface area contributed by atoms with E-state index in [1.807, 2.05) is 0 Å². The minimum Gasteiger partial charge on any atom is -0.327 e. The molecule has 2 rings (SSSR count). The first-order valence-corrected chi connectivity index (χ1v) is 6.52. The SMILES string of the molecule is O=Cc1cncn1CC1CCCS1(=O)=O. The van der Waals surface area contributed by atoms with Crippen molar-refractivity contribution in [3.63, 3.8) is 0 Å². The smallest absolute Gasteiger partial charge is 0.168 e. The number of nitrogens with zero attached hydrogens (tertiary/aromatic N) is 2. The van der Waals surface area contributed by atoms with E-state index in [1.54, 1.807) is 4.57 Å². The summed E-state index contributed by atoms with van der Waals surface area (Å²) in [7, 11) is -2.95. The fraction of sp³-hybridized carbons (Fsp3) is 0.556. The summed E-state index contributed by atoms with van der Waals surface area (Å²) in [5, 5.41) is -0.356. The first kappa shape index (κ1) is 10.4. The third-order valence-electron chi connectivity index (χ3n) is 2.73. The molecule has 1 aromatic rings. The van der Waals surface area contributed by atoms with Crippen molar-refractivity contribution >= 4 is 16.1 Å². The molecule has 82 valence electrons. The number of rotatable bonds is 3. The summed E-state index contributed by atoms with van der Waals surface area (Å²) in [5.41, 5.74) is 0.428. The maximum Gasteiger partial charge on any atom is 0.168 e. The zero-order valence-electron chi connectivity index (χ0n) is 8.17. The fourth-order valence-electron chi connectivity index (χ4n) is 1.86. The van der Waals surface area contributed by atoms with Crippen LogP contribution in [0.15, 0.2) is 12.5 Å². The highest BCUT2D eigenvalue weighted by molar-refractivity contribution is 7.92. The van der Waals surface area contributed by atoms with Gasteiger partial charge in [-0.3, -0.25) is 4.79 Å². The van der Waals surface area contributed by atoms with E-state index in [0.29, 0.717) is 24.9 Å². The van der Waals surface area contributed by atoms with Gasteiger partial charge in [-0.1, -0.05) is 0 Å². The van der Waals surface area contributed by atoms with E-state index in [9.17, 15) is 13.2 Å². The van der Waals surface area contributed by atoms with Gasteiger partial charge in [0.1, 0.15) is 5.69 Å². The largest absolute Gasteiger partial charge is 0.327 e. The van der Waals surface area contributed by atoms with E-state index in [2.05, 4.69) is 4.98 Å². The van der Waals surface area contributed by atoms with Crippen LogP contribution in [0.3, 0.4) is 0 Å². The monoisotopic (exact) mass is 228 g/mol. The molecule has 0 aliphatic carbocycles. The van der Waals surface area contributed by atoms with Gasteiger partial charge < -0.3 is 4.57 Å². The van der Waals surface area contributed by atoms with Crippen LogP contribution in [-0.2, 0) is 16.4 Å². The molecular weight excluding hydrogens is 216 g/mol. The Balaban J connectivity index is 2.19. The molecule has 1 aliphatic heterocycles. The number of hydrogen-bond donors (Lipinski definition) is 0. The highest BCUT2D eigenvalue weighted by Crippen LogP contribution is 2.21. The van der Waals surface area contributed by atoms with Crippen LogP contribution in [0.2, 0.25) is 0 Å². The summed E-state index contributed by atoms with van der Waals surface area (Å²) in [6, 6.07) is 0. The third kappa shape index (κ3) is 1.94. The van der Waals surface area contributed by atoms with Gasteiger partial charge in [-0.25, -0.2) is 13.4 Å². The number of aldehydes is 1. The average Bonchev–Trinajstić information content (AvgIpc) is 2.74. The van der Waals surface area contributed by atoms with Crippen molar-refractivity contribution in [1.29, 1.82) is 0 Å². The normalized spacial score (nSPS) is 24.1. The van der Waals surface area contributed by atoms with Crippen molar-refractivity contribution in [2.24, 2.45) is 0 Å². The number of carbonyl (C=O) groups is 1. The molecular formula is C9H12N2O3S. The first-order chi connectivity index (χ1) is 7.13. The third-order valence-corrected chi connectivity index (χ3v) is 4.99. The lowest BCUT2D eigenvalue weighted by molar-refractivity contribution is 0.111. The van der Waals surface area contributed by atoms with Crippen molar-refractivity contribution in [2.45, 2.75) is 24.6 Å². The maximum absolute atomic E-state index is 11.6. The molecule has 0 N–H and O–H groups in total. The number of carbonyl (C=O) groups excluding carboxylic acids is 1. The van der Waals surface area contributed by atoms with Crippen LogP contribution < -0.4 is 0 Å². The fourth-order valence-corrected chi connectivity index (χ4v) is 3.68. The summed E-state index contributed by atoms with van der Waals surface area (Å²) < 4.78 is 24.7.